The highest BCUT2D eigenvalue weighted by Crippen LogP contribution is 2.33. The second-order valence-corrected chi connectivity index (χ2v) is 4.95. The standard InChI is InChI=1S/C15H17N3O2/c1-10(2)20-15-7-14(16-9-17-15)18-12-8-19-13-6-4-3-5-11(12)13/h3-7,9-10,12H,8H2,1-2H3,(H,16,17,18). The van der Waals surface area contributed by atoms with E-state index in [9.17, 15) is 0 Å². The van der Waals surface area contributed by atoms with Gasteiger partial charge in [0.25, 0.3) is 0 Å². The average molecular weight is 271 g/mol. The van der Waals surface area contributed by atoms with E-state index in [4.69, 9.17) is 9.47 Å². The minimum Gasteiger partial charge on any atom is -0.491 e. The molecule has 1 aromatic carbocycles. The molecule has 104 valence electrons. The van der Waals surface area contributed by atoms with E-state index in [0.29, 0.717) is 12.5 Å². The lowest BCUT2D eigenvalue weighted by atomic mass is 10.1. The first kappa shape index (κ1) is 12.7. The van der Waals surface area contributed by atoms with Crippen LogP contribution < -0.4 is 14.8 Å². The molecular formula is C15H17N3O2. The first-order valence-corrected chi connectivity index (χ1v) is 6.69. The molecule has 3 rings (SSSR count). The number of anilines is 1. The van der Waals surface area contributed by atoms with Crippen LogP contribution in [0.5, 0.6) is 11.6 Å². The van der Waals surface area contributed by atoms with Crippen LogP contribution in [0.15, 0.2) is 36.7 Å². The zero-order valence-corrected chi connectivity index (χ0v) is 11.5. The Labute approximate surface area is 118 Å². The molecule has 1 unspecified atom stereocenters. The SMILES string of the molecule is CC(C)Oc1cc(NC2COc3ccccc32)ncn1. The van der Waals surface area contributed by atoms with Crippen molar-refractivity contribution in [1.82, 2.24) is 9.97 Å². The molecule has 0 saturated carbocycles. The third-order valence-corrected chi connectivity index (χ3v) is 3.02. The van der Waals surface area contributed by atoms with Crippen LogP contribution in [-0.2, 0) is 0 Å². The first-order chi connectivity index (χ1) is 9.72. The minimum absolute atomic E-state index is 0.0910. The molecule has 2 aromatic rings. The van der Waals surface area contributed by atoms with Crippen molar-refractivity contribution >= 4 is 5.82 Å². The van der Waals surface area contributed by atoms with E-state index in [1.54, 1.807) is 6.07 Å². The Kier molecular flexibility index (Phi) is 3.41. The van der Waals surface area contributed by atoms with Gasteiger partial charge in [-0.1, -0.05) is 18.2 Å². The third-order valence-electron chi connectivity index (χ3n) is 3.02. The Morgan fingerprint density at radius 3 is 3.00 bits per heavy atom. The smallest absolute Gasteiger partial charge is 0.218 e. The van der Waals surface area contributed by atoms with Gasteiger partial charge in [-0.2, -0.15) is 0 Å². The van der Waals surface area contributed by atoms with Crippen LogP contribution in [0.25, 0.3) is 0 Å². The van der Waals surface area contributed by atoms with Crippen molar-refractivity contribution in [3.63, 3.8) is 0 Å². The number of benzene rings is 1. The van der Waals surface area contributed by atoms with Crippen molar-refractivity contribution in [3.05, 3.63) is 42.2 Å². The second kappa shape index (κ2) is 5.36. The number of nitrogens with zero attached hydrogens (tertiary/aromatic N) is 2. The zero-order valence-electron chi connectivity index (χ0n) is 11.5. The number of fused-ring (bicyclic) bond motifs is 1. The van der Waals surface area contributed by atoms with E-state index < -0.39 is 0 Å². The molecule has 0 saturated heterocycles. The Morgan fingerprint density at radius 1 is 1.30 bits per heavy atom. The molecule has 1 atom stereocenters. The highest BCUT2D eigenvalue weighted by molar-refractivity contribution is 5.46. The fraction of sp³-hybridized carbons (Fsp3) is 0.333. The predicted octanol–water partition coefficient (Wildman–Crippen LogP) is 2.81. The maximum Gasteiger partial charge on any atom is 0.218 e. The normalized spacial score (nSPS) is 16.6. The van der Waals surface area contributed by atoms with E-state index in [1.807, 2.05) is 32.0 Å². The number of nitrogens with one attached hydrogen (secondary N) is 1. The second-order valence-electron chi connectivity index (χ2n) is 4.95. The van der Waals surface area contributed by atoms with Crippen molar-refractivity contribution in [2.24, 2.45) is 0 Å². The van der Waals surface area contributed by atoms with Crippen molar-refractivity contribution < 1.29 is 9.47 Å². The van der Waals surface area contributed by atoms with Gasteiger partial charge in [0.05, 0.1) is 12.1 Å². The summed E-state index contributed by atoms with van der Waals surface area (Å²) in [5, 5.41) is 3.35. The molecule has 1 aliphatic rings. The summed E-state index contributed by atoms with van der Waals surface area (Å²) < 4.78 is 11.2. The van der Waals surface area contributed by atoms with Crippen molar-refractivity contribution in [2.45, 2.75) is 26.0 Å². The summed E-state index contributed by atoms with van der Waals surface area (Å²) in [6.45, 7) is 4.54. The summed E-state index contributed by atoms with van der Waals surface area (Å²) in [7, 11) is 0. The molecule has 5 heteroatoms. The predicted molar refractivity (Wildman–Crippen MR) is 76.1 cm³/mol. The summed E-state index contributed by atoms with van der Waals surface area (Å²) in [4.78, 5) is 8.32. The maximum atomic E-state index is 5.64. The lowest BCUT2D eigenvalue weighted by Crippen LogP contribution is -2.13. The van der Waals surface area contributed by atoms with Gasteiger partial charge in [-0.25, -0.2) is 9.97 Å². The molecular weight excluding hydrogens is 254 g/mol. The van der Waals surface area contributed by atoms with Gasteiger partial charge in [0, 0.05) is 11.6 Å². The highest BCUT2D eigenvalue weighted by atomic mass is 16.5. The molecule has 1 aliphatic heterocycles. The molecule has 0 amide bonds. The molecule has 0 aliphatic carbocycles. The van der Waals surface area contributed by atoms with Crippen molar-refractivity contribution in [2.75, 3.05) is 11.9 Å². The topological polar surface area (TPSA) is 56.3 Å². The Morgan fingerprint density at radius 2 is 2.15 bits per heavy atom. The van der Waals surface area contributed by atoms with Crippen LogP contribution >= 0.6 is 0 Å². The zero-order chi connectivity index (χ0) is 13.9. The Hall–Kier alpha value is -2.30. The third kappa shape index (κ3) is 2.66. The fourth-order valence-electron chi connectivity index (χ4n) is 2.19. The average Bonchev–Trinajstić information content (AvgIpc) is 2.82. The van der Waals surface area contributed by atoms with Crippen LogP contribution in [0.1, 0.15) is 25.5 Å². The lowest BCUT2D eigenvalue weighted by Gasteiger charge is -2.13. The number of para-hydroxylation sites is 1. The molecule has 0 radical (unpaired) electrons. The number of hydrogen-bond acceptors (Lipinski definition) is 5. The summed E-state index contributed by atoms with van der Waals surface area (Å²) in [6.07, 6.45) is 1.59. The first-order valence-electron chi connectivity index (χ1n) is 6.69. The van der Waals surface area contributed by atoms with Crippen molar-refractivity contribution in [3.8, 4) is 11.6 Å². The van der Waals surface area contributed by atoms with Crippen LogP contribution in [-0.4, -0.2) is 22.7 Å². The molecule has 1 N–H and O–H groups in total. The van der Waals surface area contributed by atoms with Gasteiger partial charge >= 0.3 is 0 Å². The van der Waals surface area contributed by atoms with Crippen LogP contribution in [0.2, 0.25) is 0 Å². The van der Waals surface area contributed by atoms with Gasteiger partial charge in [-0.15, -0.1) is 0 Å². The van der Waals surface area contributed by atoms with E-state index in [0.717, 1.165) is 17.1 Å². The van der Waals surface area contributed by atoms with Gasteiger partial charge in [-0.05, 0) is 19.9 Å². The van der Waals surface area contributed by atoms with Crippen molar-refractivity contribution in [1.29, 1.82) is 0 Å². The number of rotatable bonds is 4. The summed E-state index contributed by atoms with van der Waals surface area (Å²) in [5.41, 5.74) is 1.15. The Bertz CT molecular complexity index is 601. The van der Waals surface area contributed by atoms with E-state index >= 15 is 0 Å². The molecule has 20 heavy (non-hydrogen) atoms. The number of aromatic nitrogens is 2. The summed E-state index contributed by atoms with van der Waals surface area (Å²) in [6, 6.07) is 9.93. The molecule has 5 nitrogen and oxygen atoms in total. The van der Waals surface area contributed by atoms with Gasteiger partial charge in [0.2, 0.25) is 5.88 Å². The summed E-state index contributed by atoms with van der Waals surface area (Å²) in [5.74, 6) is 2.24. The van der Waals surface area contributed by atoms with E-state index in [-0.39, 0.29) is 12.1 Å². The molecule has 1 aromatic heterocycles. The minimum atomic E-state index is 0.0910. The van der Waals surface area contributed by atoms with Gasteiger partial charge in [-0.3, -0.25) is 0 Å². The fourth-order valence-corrected chi connectivity index (χ4v) is 2.19. The number of ether oxygens (including phenoxy) is 2. The molecule has 0 bridgehead atoms. The Balaban J connectivity index is 1.76. The number of hydrogen-bond donors (Lipinski definition) is 1. The van der Waals surface area contributed by atoms with Gasteiger partial charge < -0.3 is 14.8 Å². The quantitative estimate of drug-likeness (QED) is 0.926. The monoisotopic (exact) mass is 271 g/mol. The van der Waals surface area contributed by atoms with E-state index in [1.165, 1.54) is 6.33 Å². The van der Waals surface area contributed by atoms with Crippen LogP contribution in [0.4, 0.5) is 5.82 Å². The van der Waals surface area contributed by atoms with Crippen LogP contribution in [0, 0.1) is 0 Å². The molecule has 2 heterocycles. The lowest BCUT2D eigenvalue weighted by molar-refractivity contribution is 0.232. The molecule has 0 spiro atoms. The highest BCUT2D eigenvalue weighted by Gasteiger charge is 2.23. The maximum absolute atomic E-state index is 5.64. The van der Waals surface area contributed by atoms with E-state index in [2.05, 4.69) is 21.4 Å². The van der Waals surface area contributed by atoms with Gasteiger partial charge in [0.1, 0.15) is 24.5 Å². The summed E-state index contributed by atoms with van der Waals surface area (Å²) >= 11 is 0. The largest absolute Gasteiger partial charge is 0.491 e. The van der Waals surface area contributed by atoms with Gasteiger partial charge in [0.15, 0.2) is 0 Å². The van der Waals surface area contributed by atoms with Crippen LogP contribution in [0.3, 0.4) is 0 Å². The molecule has 0 fully saturated rings.